The number of benzene rings is 2. The Hall–Kier alpha value is -4.26. The molecule has 30 heavy (non-hydrogen) atoms. The van der Waals surface area contributed by atoms with Crippen molar-refractivity contribution < 1.29 is 9.59 Å². The first-order chi connectivity index (χ1) is 14.6. The van der Waals surface area contributed by atoms with Crippen LogP contribution in [0.1, 0.15) is 20.7 Å². The van der Waals surface area contributed by atoms with Gasteiger partial charge in [-0.15, -0.1) is 0 Å². The van der Waals surface area contributed by atoms with Crippen LogP contribution in [-0.4, -0.2) is 26.6 Å². The van der Waals surface area contributed by atoms with Crippen LogP contribution in [0.15, 0.2) is 85.2 Å². The Morgan fingerprint density at radius 3 is 2.13 bits per heavy atom. The van der Waals surface area contributed by atoms with Gasteiger partial charge in [0.15, 0.2) is 0 Å². The van der Waals surface area contributed by atoms with E-state index in [4.69, 9.17) is 0 Å². The van der Waals surface area contributed by atoms with Gasteiger partial charge in [0.05, 0.1) is 5.69 Å². The Balaban J connectivity index is 1.46. The maximum Gasteiger partial charge on any atom is 0.256 e. The summed E-state index contributed by atoms with van der Waals surface area (Å²) in [5, 5.41) is 10.2. The minimum absolute atomic E-state index is 0.165. The molecule has 7 heteroatoms. The van der Waals surface area contributed by atoms with Gasteiger partial charge in [-0.25, -0.2) is 0 Å². The van der Waals surface area contributed by atoms with Gasteiger partial charge >= 0.3 is 0 Å². The van der Waals surface area contributed by atoms with Crippen molar-refractivity contribution in [3.63, 3.8) is 0 Å². The lowest BCUT2D eigenvalue weighted by Crippen LogP contribution is -2.14. The zero-order chi connectivity index (χ0) is 20.9. The number of hydrogen-bond donors (Lipinski definition) is 2. The van der Waals surface area contributed by atoms with Crippen molar-refractivity contribution in [2.75, 3.05) is 10.6 Å². The van der Waals surface area contributed by atoms with E-state index in [1.165, 1.54) is 0 Å². The number of aryl methyl sites for hydroxylation is 1. The summed E-state index contributed by atoms with van der Waals surface area (Å²) in [6, 6.07) is 21.5. The normalized spacial score (nSPS) is 10.4. The highest BCUT2D eigenvalue weighted by Gasteiger charge is 2.12. The van der Waals surface area contributed by atoms with Crippen molar-refractivity contribution in [3.8, 4) is 11.3 Å². The maximum absolute atomic E-state index is 12.4. The van der Waals surface area contributed by atoms with E-state index in [0.29, 0.717) is 28.3 Å². The van der Waals surface area contributed by atoms with Crippen molar-refractivity contribution in [3.05, 3.63) is 96.3 Å². The quantitative estimate of drug-likeness (QED) is 0.533. The molecule has 0 aliphatic carbocycles. The number of rotatable bonds is 5. The lowest BCUT2D eigenvalue weighted by Gasteiger charge is -2.06. The number of carbonyl (C=O) groups is 2. The van der Waals surface area contributed by atoms with Crippen molar-refractivity contribution in [2.24, 2.45) is 7.05 Å². The van der Waals surface area contributed by atoms with Crippen LogP contribution < -0.4 is 10.6 Å². The summed E-state index contributed by atoms with van der Waals surface area (Å²) in [6.07, 6.45) is 3.14. The van der Waals surface area contributed by atoms with Gasteiger partial charge < -0.3 is 10.6 Å². The summed E-state index contributed by atoms with van der Waals surface area (Å²) in [5.74, 6) is 0.182. The van der Waals surface area contributed by atoms with E-state index in [1.807, 2.05) is 42.5 Å². The zero-order valence-corrected chi connectivity index (χ0v) is 16.2. The zero-order valence-electron chi connectivity index (χ0n) is 16.2. The van der Waals surface area contributed by atoms with Gasteiger partial charge in [-0.2, -0.15) is 5.10 Å². The molecule has 2 aromatic heterocycles. The fourth-order valence-corrected chi connectivity index (χ4v) is 2.93. The molecular weight excluding hydrogens is 378 g/mol. The Bertz CT molecular complexity index is 1170. The van der Waals surface area contributed by atoms with Gasteiger partial charge in [-0.3, -0.25) is 19.3 Å². The molecule has 0 saturated carbocycles. The number of carbonyl (C=O) groups excluding carboxylic acids is 2. The molecule has 0 radical (unpaired) electrons. The molecule has 148 valence electrons. The van der Waals surface area contributed by atoms with Crippen LogP contribution in [0.4, 0.5) is 11.5 Å². The second kappa shape index (κ2) is 8.40. The van der Waals surface area contributed by atoms with Crippen molar-refractivity contribution in [1.82, 2.24) is 14.8 Å². The molecule has 2 N–H and O–H groups in total. The van der Waals surface area contributed by atoms with Crippen LogP contribution in [0.25, 0.3) is 11.3 Å². The molecule has 4 rings (SSSR count). The topological polar surface area (TPSA) is 88.9 Å². The first-order valence-corrected chi connectivity index (χ1v) is 9.32. The van der Waals surface area contributed by atoms with Gasteiger partial charge in [0.1, 0.15) is 5.82 Å². The average molecular weight is 397 g/mol. The van der Waals surface area contributed by atoms with E-state index in [1.54, 1.807) is 54.5 Å². The third-order valence-corrected chi connectivity index (χ3v) is 4.54. The highest BCUT2D eigenvalue weighted by atomic mass is 16.2. The molecule has 2 heterocycles. The van der Waals surface area contributed by atoms with E-state index < -0.39 is 0 Å². The van der Waals surface area contributed by atoms with Crippen LogP contribution in [0, 0.1) is 0 Å². The average Bonchev–Trinajstić information content (AvgIpc) is 3.15. The van der Waals surface area contributed by atoms with Crippen LogP contribution >= 0.6 is 0 Å². The summed E-state index contributed by atoms with van der Waals surface area (Å²) < 4.78 is 1.61. The van der Waals surface area contributed by atoms with Gasteiger partial charge in [-0.05, 0) is 36.4 Å². The summed E-state index contributed by atoms with van der Waals surface area (Å²) in [7, 11) is 1.76. The van der Waals surface area contributed by atoms with Gasteiger partial charge in [0.2, 0.25) is 0 Å². The van der Waals surface area contributed by atoms with Crippen LogP contribution in [0.2, 0.25) is 0 Å². The molecule has 2 amide bonds. The Kier molecular flexibility index (Phi) is 5.34. The minimum atomic E-state index is -0.231. The molecular formula is C23H19N5O2. The summed E-state index contributed by atoms with van der Waals surface area (Å²) in [5.41, 5.74) is 3.39. The van der Waals surface area contributed by atoms with Crippen molar-refractivity contribution in [2.45, 2.75) is 0 Å². The molecule has 0 aliphatic rings. The summed E-state index contributed by atoms with van der Waals surface area (Å²) in [4.78, 5) is 28.5. The number of aromatic nitrogens is 3. The van der Waals surface area contributed by atoms with Crippen LogP contribution in [0.5, 0.6) is 0 Å². The number of nitrogens with zero attached hydrogens (tertiary/aromatic N) is 3. The van der Waals surface area contributed by atoms with Crippen LogP contribution in [0.3, 0.4) is 0 Å². The van der Waals surface area contributed by atoms with Gasteiger partial charge in [-0.1, -0.05) is 30.3 Å². The van der Waals surface area contributed by atoms with Gasteiger partial charge in [0.25, 0.3) is 11.8 Å². The first kappa shape index (κ1) is 19.1. The van der Waals surface area contributed by atoms with Crippen LogP contribution in [-0.2, 0) is 7.05 Å². The molecule has 0 unspecified atom stereocenters. The summed E-state index contributed by atoms with van der Waals surface area (Å²) >= 11 is 0. The summed E-state index contributed by atoms with van der Waals surface area (Å²) in [6.45, 7) is 0. The maximum atomic E-state index is 12.4. The molecule has 0 aliphatic heterocycles. The monoisotopic (exact) mass is 397 g/mol. The van der Waals surface area contributed by atoms with E-state index in [-0.39, 0.29) is 11.8 Å². The van der Waals surface area contributed by atoms with Crippen molar-refractivity contribution >= 4 is 23.3 Å². The highest BCUT2D eigenvalue weighted by Crippen LogP contribution is 2.23. The number of hydrogen-bond acceptors (Lipinski definition) is 4. The third kappa shape index (κ3) is 4.25. The molecule has 0 spiro atoms. The molecule has 0 bridgehead atoms. The number of nitrogens with one attached hydrogen (secondary N) is 2. The lowest BCUT2D eigenvalue weighted by molar-refractivity contribution is 0.101. The smallest absolute Gasteiger partial charge is 0.256 e. The Morgan fingerprint density at radius 1 is 0.800 bits per heavy atom. The lowest BCUT2D eigenvalue weighted by atomic mass is 10.1. The predicted octanol–water partition coefficient (Wildman–Crippen LogP) is 3.99. The van der Waals surface area contributed by atoms with Crippen molar-refractivity contribution in [1.29, 1.82) is 0 Å². The fraction of sp³-hybridized carbons (Fsp3) is 0.0435. The highest BCUT2D eigenvalue weighted by molar-refractivity contribution is 6.04. The number of anilines is 2. The molecule has 0 atom stereocenters. The second-order valence-electron chi connectivity index (χ2n) is 6.63. The first-order valence-electron chi connectivity index (χ1n) is 9.32. The predicted molar refractivity (Wildman–Crippen MR) is 115 cm³/mol. The van der Waals surface area contributed by atoms with E-state index in [2.05, 4.69) is 20.7 Å². The van der Waals surface area contributed by atoms with E-state index >= 15 is 0 Å². The molecule has 7 nitrogen and oxygen atoms in total. The molecule has 4 aromatic rings. The largest absolute Gasteiger partial charge is 0.322 e. The second-order valence-corrected chi connectivity index (χ2v) is 6.63. The molecule has 0 saturated heterocycles. The number of amides is 2. The van der Waals surface area contributed by atoms with Gasteiger partial charge in [0, 0.05) is 47.9 Å². The van der Waals surface area contributed by atoms with E-state index in [9.17, 15) is 9.59 Å². The third-order valence-electron chi connectivity index (χ3n) is 4.54. The number of pyridine rings is 1. The Labute approximate surface area is 173 Å². The fourth-order valence-electron chi connectivity index (χ4n) is 2.93. The Morgan fingerprint density at radius 2 is 1.43 bits per heavy atom. The SMILES string of the molecule is Cn1nc(-c2ccc(NC(=O)c3ccccc3)cc2)cc1NC(=O)c1ccncc1. The standard InChI is InChI=1S/C23H19N5O2/c1-28-21(26-23(30)18-11-13-24-14-12-18)15-20(27-28)16-7-9-19(10-8-16)25-22(29)17-5-3-2-4-6-17/h2-15H,1H3,(H,25,29)(H,26,30). The molecule has 2 aromatic carbocycles. The minimum Gasteiger partial charge on any atom is -0.322 e. The van der Waals surface area contributed by atoms with E-state index in [0.717, 1.165) is 5.56 Å². The molecule has 0 fully saturated rings.